The van der Waals surface area contributed by atoms with Crippen molar-refractivity contribution in [2.24, 2.45) is 5.73 Å². The number of ether oxygens (including phenoxy) is 1. The minimum absolute atomic E-state index is 0.0123. The Morgan fingerprint density at radius 3 is 3.12 bits per heavy atom. The van der Waals surface area contributed by atoms with Crippen molar-refractivity contribution >= 4 is 33.5 Å². The number of hydrogen-bond donors (Lipinski definition) is 2. The van der Waals surface area contributed by atoms with Gasteiger partial charge in [-0.05, 0) is 13.0 Å². The number of ketones is 1. The molecule has 0 radical (unpaired) electrons. The van der Waals surface area contributed by atoms with Gasteiger partial charge in [-0.1, -0.05) is 12.1 Å². The largest absolute Gasteiger partial charge is 0.373 e. The Hall–Kier alpha value is -2.51. The fourth-order valence-electron chi connectivity index (χ4n) is 3.23. The van der Waals surface area contributed by atoms with Gasteiger partial charge in [0.25, 0.3) is 0 Å². The molecule has 1 atom stereocenters. The number of aromatic nitrogens is 3. The molecule has 4 rings (SSSR count). The highest BCUT2D eigenvalue weighted by Gasteiger charge is 2.23. The predicted octanol–water partition coefficient (Wildman–Crippen LogP) is 1.48. The number of aromatic amines is 1. The van der Waals surface area contributed by atoms with Crippen molar-refractivity contribution in [3.63, 3.8) is 0 Å². The highest BCUT2D eigenvalue weighted by atomic mass is 16.5. The van der Waals surface area contributed by atoms with Gasteiger partial charge in [0.1, 0.15) is 17.8 Å². The van der Waals surface area contributed by atoms with Crippen LogP contribution in [0.3, 0.4) is 0 Å². The summed E-state index contributed by atoms with van der Waals surface area (Å²) in [5.41, 5.74) is 8.09. The molecule has 3 aromatic rings. The van der Waals surface area contributed by atoms with Crippen LogP contribution in [0.15, 0.2) is 24.5 Å². The average molecular weight is 325 g/mol. The highest BCUT2D eigenvalue weighted by Crippen LogP contribution is 2.32. The fourth-order valence-corrected chi connectivity index (χ4v) is 3.23. The van der Waals surface area contributed by atoms with E-state index >= 15 is 0 Å². The smallest absolute Gasteiger partial charge is 0.159 e. The number of rotatable bonds is 3. The summed E-state index contributed by atoms with van der Waals surface area (Å²) in [5, 5.41) is 1.99. The lowest BCUT2D eigenvalue weighted by molar-refractivity contribution is 0.0464. The summed E-state index contributed by atoms with van der Waals surface area (Å²) in [4.78, 5) is 26.0. The first-order valence-corrected chi connectivity index (χ1v) is 8.01. The van der Waals surface area contributed by atoms with E-state index in [1.807, 2.05) is 18.2 Å². The Labute approximate surface area is 138 Å². The normalized spacial score (nSPS) is 18.4. The molecule has 0 aliphatic carbocycles. The molecule has 0 saturated carbocycles. The number of carbonyl (C=O) groups is 1. The van der Waals surface area contributed by atoms with Crippen LogP contribution < -0.4 is 10.6 Å². The number of hydrogen-bond acceptors (Lipinski definition) is 6. The average Bonchev–Trinajstić information content (AvgIpc) is 2.99. The lowest BCUT2D eigenvalue weighted by Gasteiger charge is -2.33. The maximum absolute atomic E-state index is 11.6. The second-order valence-corrected chi connectivity index (χ2v) is 6.04. The lowest BCUT2D eigenvalue weighted by atomic mass is 10.1. The molecule has 24 heavy (non-hydrogen) atoms. The molecule has 3 heterocycles. The van der Waals surface area contributed by atoms with E-state index in [1.54, 1.807) is 13.3 Å². The van der Waals surface area contributed by atoms with E-state index < -0.39 is 0 Å². The Kier molecular flexibility index (Phi) is 3.66. The standard InChI is InChI=1S/C17H19N5O2/c1-10(23)11-2-3-13-14(6-11)21-16-15(13)17(20-9-19-16)22-4-5-24-12(7-18)8-22/h2-3,6,9,12H,4-5,7-8,18H2,1H3,(H,19,20,21). The molecule has 1 saturated heterocycles. The summed E-state index contributed by atoms with van der Waals surface area (Å²) in [5.74, 6) is 0.921. The van der Waals surface area contributed by atoms with Crippen LogP contribution in [0.1, 0.15) is 17.3 Å². The number of carbonyl (C=O) groups excluding carboxylic acids is 1. The Morgan fingerprint density at radius 1 is 1.46 bits per heavy atom. The number of H-pyrrole nitrogens is 1. The van der Waals surface area contributed by atoms with Crippen molar-refractivity contribution in [3.8, 4) is 0 Å². The lowest BCUT2D eigenvalue weighted by Crippen LogP contribution is -2.46. The van der Waals surface area contributed by atoms with Crippen molar-refractivity contribution < 1.29 is 9.53 Å². The van der Waals surface area contributed by atoms with Gasteiger partial charge in [-0.2, -0.15) is 0 Å². The molecule has 0 bridgehead atoms. The Morgan fingerprint density at radius 2 is 2.33 bits per heavy atom. The maximum Gasteiger partial charge on any atom is 0.159 e. The minimum Gasteiger partial charge on any atom is -0.373 e. The number of benzene rings is 1. The number of fused-ring (bicyclic) bond motifs is 3. The van der Waals surface area contributed by atoms with Crippen LogP contribution in [-0.4, -0.2) is 53.1 Å². The van der Waals surface area contributed by atoms with Crippen LogP contribution in [0, 0.1) is 0 Å². The molecular weight excluding hydrogens is 306 g/mol. The summed E-state index contributed by atoms with van der Waals surface area (Å²) in [6, 6.07) is 5.67. The van der Waals surface area contributed by atoms with Gasteiger partial charge in [-0.15, -0.1) is 0 Å². The van der Waals surface area contributed by atoms with E-state index in [0.29, 0.717) is 25.3 Å². The number of nitrogens with two attached hydrogens (primary N) is 1. The molecule has 0 amide bonds. The van der Waals surface area contributed by atoms with Gasteiger partial charge in [0, 0.05) is 36.1 Å². The van der Waals surface area contributed by atoms with Gasteiger partial charge in [0.05, 0.1) is 18.1 Å². The number of nitrogens with zero attached hydrogens (tertiary/aromatic N) is 3. The fraction of sp³-hybridized carbons (Fsp3) is 0.353. The monoisotopic (exact) mass is 325 g/mol. The third-order valence-electron chi connectivity index (χ3n) is 4.48. The van der Waals surface area contributed by atoms with Crippen molar-refractivity contribution in [1.82, 2.24) is 15.0 Å². The molecule has 2 aromatic heterocycles. The van der Waals surface area contributed by atoms with E-state index in [1.165, 1.54) is 0 Å². The Balaban J connectivity index is 1.87. The van der Waals surface area contributed by atoms with Crippen molar-refractivity contribution in [2.45, 2.75) is 13.0 Å². The van der Waals surface area contributed by atoms with Crippen molar-refractivity contribution in [1.29, 1.82) is 0 Å². The van der Waals surface area contributed by atoms with Crippen molar-refractivity contribution in [3.05, 3.63) is 30.1 Å². The van der Waals surface area contributed by atoms with E-state index in [0.717, 1.165) is 34.3 Å². The van der Waals surface area contributed by atoms with Gasteiger partial charge < -0.3 is 20.4 Å². The first-order valence-electron chi connectivity index (χ1n) is 8.01. The molecule has 7 heteroatoms. The van der Waals surface area contributed by atoms with E-state index in [-0.39, 0.29) is 11.9 Å². The SMILES string of the molecule is CC(=O)c1ccc2c(c1)[nH]c1ncnc(N3CCOC(CN)C3)c12. The van der Waals surface area contributed by atoms with Gasteiger partial charge in [-0.25, -0.2) is 9.97 Å². The van der Waals surface area contributed by atoms with Crippen molar-refractivity contribution in [2.75, 3.05) is 31.1 Å². The van der Waals surface area contributed by atoms with Crippen LogP contribution >= 0.6 is 0 Å². The van der Waals surface area contributed by atoms with Gasteiger partial charge in [0.2, 0.25) is 0 Å². The molecule has 1 fully saturated rings. The molecule has 7 nitrogen and oxygen atoms in total. The minimum atomic E-state index is 0.0123. The quantitative estimate of drug-likeness (QED) is 0.708. The second-order valence-electron chi connectivity index (χ2n) is 6.04. The second kappa shape index (κ2) is 5.85. The molecule has 0 spiro atoms. The zero-order valence-corrected chi connectivity index (χ0v) is 13.5. The third-order valence-corrected chi connectivity index (χ3v) is 4.48. The number of Topliss-reactive ketones (excluding diaryl/α,β-unsaturated/α-hetero) is 1. The van der Waals surface area contributed by atoms with Crippen LogP contribution in [-0.2, 0) is 4.74 Å². The van der Waals surface area contributed by atoms with Gasteiger partial charge in [-0.3, -0.25) is 4.79 Å². The predicted molar refractivity (Wildman–Crippen MR) is 92.4 cm³/mol. The summed E-state index contributed by atoms with van der Waals surface area (Å²) >= 11 is 0. The molecular formula is C17H19N5O2. The first kappa shape index (κ1) is 15.0. The molecule has 1 aromatic carbocycles. The van der Waals surface area contributed by atoms with E-state index in [2.05, 4.69) is 19.9 Å². The summed E-state index contributed by atoms with van der Waals surface area (Å²) in [7, 11) is 0. The summed E-state index contributed by atoms with van der Waals surface area (Å²) in [6.07, 6.45) is 1.57. The van der Waals surface area contributed by atoms with E-state index in [9.17, 15) is 4.79 Å². The number of morpholine rings is 1. The number of nitrogens with one attached hydrogen (secondary N) is 1. The zero-order valence-electron chi connectivity index (χ0n) is 13.5. The molecule has 1 aliphatic rings. The molecule has 1 aliphatic heterocycles. The summed E-state index contributed by atoms with van der Waals surface area (Å²) < 4.78 is 5.65. The summed E-state index contributed by atoms with van der Waals surface area (Å²) in [6.45, 7) is 4.15. The van der Waals surface area contributed by atoms with Gasteiger partial charge in [0.15, 0.2) is 5.78 Å². The first-order chi connectivity index (χ1) is 11.7. The van der Waals surface area contributed by atoms with Crippen LogP contribution in [0.4, 0.5) is 5.82 Å². The zero-order chi connectivity index (χ0) is 16.7. The van der Waals surface area contributed by atoms with Crippen LogP contribution in [0.25, 0.3) is 21.9 Å². The highest BCUT2D eigenvalue weighted by molar-refractivity contribution is 6.12. The third kappa shape index (κ3) is 2.42. The van der Waals surface area contributed by atoms with Crippen LogP contribution in [0.2, 0.25) is 0 Å². The Bertz CT molecular complexity index is 920. The molecule has 1 unspecified atom stereocenters. The molecule has 3 N–H and O–H groups in total. The topological polar surface area (TPSA) is 97.1 Å². The van der Waals surface area contributed by atoms with Gasteiger partial charge >= 0.3 is 0 Å². The van der Waals surface area contributed by atoms with E-state index in [4.69, 9.17) is 10.5 Å². The maximum atomic E-state index is 11.6. The molecule has 124 valence electrons. The van der Waals surface area contributed by atoms with Crippen LogP contribution in [0.5, 0.6) is 0 Å². The number of anilines is 1.